The van der Waals surface area contributed by atoms with E-state index in [1.807, 2.05) is 79.7 Å². The van der Waals surface area contributed by atoms with Gasteiger partial charge in [-0.05, 0) is 48.4 Å². The summed E-state index contributed by atoms with van der Waals surface area (Å²) in [4.78, 5) is 21.5. The number of para-hydroxylation sites is 2. The molecule has 3 aromatic carbocycles. The Labute approximate surface area is 182 Å². The minimum atomic E-state index is -0.196. The molecule has 1 aromatic heterocycles. The molecule has 0 spiro atoms. The van der Waals surface area contributed by atoms with Crippen molar-refractivity contribution in [1.29, 1.82) is 0 Å². The van der Waals surface area contributed by atoms with Gasteiger partial charge < -0.3 is 4.98 Å². The number of carbonyl (C=O) groups excluding carboxylic acids is 1. The van der Waals surface area contributed by atoms with Gasteiger partial charge in [0.2, 0.25) is 0 Å². The van der Waals surface area contributed by atoms with Gasteiger partial charge in [-0.3, -0.25) is 4.79 Å². The number of rotatable bonds is 3. The van der Waals surface area contributed by atoms with Crippen LogP contribution in [0.1, 0.15) is 39.8 Å². The van der Waals surface area contributed by atoms with Crippen LogP contribution >= 0.6 is 15.9 Å². The third-order valence-electron chi connectivity index (χ3n) is 5.39. The van der Waals surface area contributed by atoms with Crippen LogP contribution in [0.3, 0.4) is 0 Å². The summed E-state index contributed by atoms with van der Waals surface area (Å²) in [6.45, 7) is 1.95. The van der Waals surface area contributed by atoms with Crippen LogP contribution in [-0.4, -0.2) is 26.6 Å². The third-order valence-corrected chi connectivity index (χ3v) is 5.88. The molecule has 1 atom stereocenters. The predicted molar refractivity (Wildman–Crippen MR) is 121 cm³/mol. The Bertz CT molecular complexity index is 1260. The molecular formula is C24H19BrN4O. The van der Waals surface area contributed by atoms with Crippen LogP contribution in [0.5, 0.6) is 0 Å². The predicted octanol–water partition coefficient (Wildman–Crippen LogP) is 5.63. The smallest absolute Gasteiger partial charge is 0.274 e. The number of fused-ring (bicyclic) bond motifs is 1. The van der Waals surface area contributed by atoms with Gasteiger partial charge in [0, 0.05) is 16.5 Å². The van der Waals surface area contributed by atoms with Gasteiger partial charge in [-0.2, -0.15) is 5.10 Å². The van der Waals surface area contributed by atoms with E-state index in [2.05, 4.69) is 20.9 Å². The average Bonchev–Trinajstić information content (AvgIpc) is 3.38. The summed E-state index contributed by atoms with van der Waals surface area (Å²) in [7, 11) is 0. The minimum absolute atomic E-state index is 0.107. The van der Waals surface area contributed by atoms with Crippen LogP contribution in [-0.2, 0) is 0 Å². The second-order valence-electron chi connectivity index (χ2n) is 7.39. The van der Waals surface area contributed by atoms with E-state index in [-0.39, 0.29) is 11.9 Å². The van der Waals surface area contributed by atoms with Gasteiger partial charge in [-0.15, -0.1) is 0 Å². The Morgan fingerprint density at radius 2 is 1.87 bits per heavy atom. The zero-order valence-corrected chi connectivity index (χ0v) is 17.9. The highest BCUT2D eigenvalue weighted by atomic mass is 79.9. The monoisotopic (exact) mass is 458 g/mol. The first-order chi connectivity index (χ1) is 14.6. The SMILES string of the molecule is Cc1ccccc1C(=O)N1N=C(c2nc3ccccc3[nH]2)C[C@H]1c1cccc(Br)c1. The summed E-state index contributed by atoms with van der Waals surface area (Å²) in [5, 5.41) is 6.35. The highest BCUT2D eigenvalue weighted by molar-refractivity contribution is 9.10. The number of amides is 1. The van der Waals surface area contributed by atoms with Crippen molar-refractivity contribution in [2.75, 3.05) is 0 Å². The highest BCUT2D eigenvalue weighted by Crippen LogP contribution is 2.35. The zero-order valence-electron chi connectivity index (χ0n) is 16.3. The number of aromatic nitrogens is 2. The molecule has 5 nitrogen and oxygen atoms in total. The van der Waals surface area contributed by atoms with Crippen molar-refractivity contribution in [3.05, 3.63) is 99.8 Å². The number of hydrogen-bond donors (Lipinski definition) is 1. The number of aromatic amines is 1. The van der Waals surface area contributed by atoms with Crippen LogP contribution in [0.25, 0.3) is 11.0 Å². The van der Waals surface area contributed by atoms with Crippen molar-refractivity contribution < 1.29 is 4.79 Å². The first-order valence-electron chi connectivity index (χ1n) is 9.77. The number of nitrogens with zero attached hydrogens (tertiary/aromatic N) is 3. The van der Waals surface area contributed by atoms with Crippen molar-refractivity contribution in [2.24, 2.45) is 5.10 Å². The second kappa shape index (κ2) is 7.54. The van der Waals surface area contributed by atoms with E-state index in [9.17, 15) is 4.79 Å². The van der Waals surface area contributed by atoms with E-state index in [0.29, 0.717) is 17.8 Å². The Morgan fingerprint density at radius 1 is 1.07 bits per heavy atom. The van der Waals surface area contributed by atoms with Crippen LogP contribution in [0.2, 0.25) is 0 Å². The molecule has 0 saturated carbocycles. The Morgan fingerprint density at radius 3 is 2.67 bits per heavy atom. The second-order valence-corrected chi connectivity index (χ2v) is 8.30. The zero-order chi connectivity index (χ0) is 20.7. The summed E-state index contributed by atoms with van der Waals surface area (Å²) in [6, 6.07) is 23.3. The van der Waals surface area contributed by atoms with E-state index in [4.69, 9.17) is 10.1 Å². The lowest BCUT2D eigenvalue weighted by atomic mass is 10.0. The van der Waals surface area contributed by atoms with Gasteiger partial charge in [-0.25, -0.2) is 9.99 Å². The van der Waals surface area contributed by atoms with Crippen LogP contribution in [0.4, 0.5) is 0 Å². The van der Waals surface area contributed by atoms with E-state index >= 15 is 0 Å². The Hall–Kier alpha value is -3.25. The number of hydrazone groups is 1. The fourth-order valence-corrected chi connectivity index (χ4v) is 4.26. The molecule has 1 aliphatic rings. The summed E-state index contributed by atoms with van der Waals surface area (Å²) < 4.78 is 0.973. The lowest BCUT2D eigenvalue weighted by molar-refractivity contribution is 0.0710. The molecule has 0 aliphatic carbocycles. The Kier molecular flexibility index (Phi) is 4.71. The van der Waals surface area contributed by atoms with Gasteiger partial charge >= 0.3 is 0 Å². The van der Waals surface area contributed by atoms with Crippen LogP contribution < -0.4 is 0 Å². The van der Waals surface area contributed by atoms with Gasteiger partial charge in [0.1, 0.15) is 5.71 Å². The van der Waals surface area contributed by atoms with Crippen LogP contribution in [0, 0.1) is 6.92 Å². The van der Waals surface area contributed by atoms with Crippen molar-refractivity contribution in [3.63, 3.8) is 0 Å². The van der Waals surface area contributed by atoms with E-state index in [0.717, 1.165) is 32.3 Å². The van der Waals surface area contributed by atoms with Crippen molar-refractivity contribution in [1.82, 2.24) is 15.0 Å². The topological polar surface area (TPSA) is 61.4 Å². The molecule has 5 rings (SSSR count). The van der Waals surface area contributed by atoms with Gasteiger partial charge in [0.25, 0.3) is 5.91 Å². The molecule has 30 heavy (non-hydrogen) atoms. The maximum Gasteiger partial charge on any atom is 0.274 e. The number of carbonyl (C=O) groups is 1. The average molecular weight is 459 g/mol. The maximum atomic E-state index is 13.5. The molecule has 1 N–H and O–H groups in total. The first-order valence-corrected chi connectivity index (χ1v) is 10.6. The molecule has 1 aliphatic heterocycles. The van der Waals surface area contributed by atoms with Gasteiger partial charge in [0.05, 0.1) is 17.1 Å². The molecule has 1 amide bonds. The number of nitrogens with one attached hydrogen (secondary N) is 1. The fraction of sp³-hybridized carbons (Fsp3) is 0.125. The number of imidazole rings is 1. The number of aryl methyl sites for hydroxylation is 1. The Balaban J connectivity index is 1.58. The van der Waals surface area contributed by atoms with Crippen molar-refractivity contribution in [3.8, 4) is 0 Å². The molecule has 148 valence electrons. The van der Waals surface area contributed by atoms with Crippen LogP contribution in [0.15, 0.2) is 82.4 Å². The number of H-pyrrole nitrogens is 1. The summed E-state index contributed by atoms with van der Waals surface area (Å²) in [5.74, 6) is 0.598. The molecule has 2 heterocycles. The molecule has 6 heteroatoms. The summed E-state index contributed by atoms with van der Waals surface area (Å²) >= 11 is 3.55. The normalized spacial score (nSPS) is 16.1. The number of hydrogen-bond acceptors (Lipinski definition) is 3. The molecule has 4 aromatic rings. The third kappa shape index (κ3) is 3.33. The van der Waals surface area contributed by atoms with Crippen molar-refractivity contribution >= 4 is 38.6 Å². The van der Waals surface area contributed by atoms with E-state index in [1.165, 1.54) is 0 Å². The molecule has 0 fully saturated rings. The molecular weight excluding hydrogens is 440 g/mol. The van der Waals surface area contributed by atoms with Crippen molar-refractivity contribution in [2.45, 2.75) is 19.4 Å². The lowest BCUT2D eigenvalue weighted by Gasteiger charge is -2.23. The highest BCUT2D eigenvalue weighted by Gasteiger charge is 2.35. The van der Waals surface area contributed by atoms with E-state index < -0.39 is 0 Å². The maximum absolute atomic E-state index is 13.5. The molecule has 0 unspecified atom stereocenters. The van der Waals surface area contributed by atoms with E-state index in [1.54, 1.807) is 5.01 Å². The van der Waals surface area contributed by atoms with Gasteiger partial charge in [0.15, 0.2) is 5.82 Å². The first kappa shape index (κ1) is 18.8. The number of benzene rings is 3. The molecule has 0 radical (unpaired) electrons. The molecule has 0 bridgehead atoms. The quantitative estimate of drug-likeness (QED) is 0.432. The van der Waals surface area contributed by atoms with Gasteiger partial charge in [-0.1, -0.05) is 58.4 Å². The lowest BCUT2D eigenvalue weighted by Crippen LogP contribution is -2.27. The summed E-state index contributed by atoms with van der Waals surface area (Å²) in [5.41, 5.74) is 5.24. The fourth-order valence-electron chi connectivity index (χ4n) is 3.84. The standard InChI is InChI=1S/C24H19BrN4O/c1-15-7-2-3-10-18(15)24(30)29-22(16-8-6-9-17(25)13-16)14-21(28-29)23-26-19-11-4-5-12-20(19)27-23/h2-13,22H,14H2,1H3,(H,26,27)/t22-/m0/s1. The molecule has 0 saturated heterocycles. The minimum Gasteiger partial charge on any atom is -0.337 e. The summed E-state index contributed by atoms with van der Waals surface area (Å²) in [6.07, 6.45) is 0.591. The number of halogens is 1. The largest absolute Gasteiger partial charge is 0.337 e.